The van der Waals surface area contributed by atoms with Crippen LogP contribution in [0.25, 0.3) is 0 Å². The second kappa shape index (κ2) is 7.84. The Kier molecular flexibility index (Phi) is 5.82. The second-order valence-electron chi connectivity index (χ2n) is 5.42. The topological polar surface area (TPSA) is 29.5 Å². The molecule has 1 N–H and O–H groups in total. The summed E-state index contributed by atoms with van der Waals surface area (Å²) in [5.74, 6) is 0.935. The third-order valence-electron chi connectivity index (χ3n) is 3.79. The van der Waals surface area contributed by atoms with Crippen molar-refractivity contribution in [1.29, 1.82) is 0 Å². The number of hydrogen-bond donors (Lipinski definition) is 1. The molecule has 0 heterocycles. The van der Waals surface area contributed by atoms with Gasteiger partial charge in [0.1, 0.15) is 5.75 Å². The number of aliphatic hydroxyl groups excluding tert-OH is 1. The first-order valence-corrected chi connectivity index (χ1v) is 7.68. The molecule has 0 saturated carbocycles. The number of rotatable bonds is 7. The monoisotopic (exact) mass is 284 g/mol. The number of ether oxygens (including phenoxy) is 1. The molecule has 0 aliphatic heterocycles. The molecule has 2 unspecified atom stereocenters. The van der Waals surface area contributed by atoms with Crippen LogP contribution in [-0.4, -0.2) is 11.7 Å². The highest BCUT2D eigenvalue weighted by Gasteiger charge is 2.17. The van der Waals surface area contributed by atoms with Gasteiger partial charge in [0, 0.05) is 5.92 Å². The Morgan fingerprint density at radius 3 is 2.24 bits per heavy atom. The van der Waals surface area contributed by atoms with E-state index in [2.05, 4.69) is 19.1 Å². The van der Waals surface area contributed by atoms with Gasteiger partial charge in [-0.15, -0.1) is 0 Å². The lowest BCUT2D eigenvalue weighted by Gasteiger charge is -2.20. The van der Waals surface area contributed by atoms with Crippen molar-refractivity contribution in [2.45, 2.75) is 38.7 Å². The van der Waals surface area contributed by atoms with Crippen molar-refractivity contribution in [3.63, 3.8) is 0 Å². The van der Waals surface area contributed by atoms with E-state index < -0.39 is 6.10 Å². The third-order valence-corrected chi connectivity index (χ3v) is 3.79. The Labute approximate surface area is 127 Å². The molecule has 0 aliphatic rings. The highest BCUT2D eigenvalue weighted by Crippen LogP contribution is 2.31. The first-order chi connectivity index (χ1) is 10.2. The Morgan fingerprint density at radius 1 is 0.952 bits per heavy atom. The molecule has 2 atom stereocenters. The van der Waals surface area contributed by atoms with Gasteiger partial charge >= 0.3 is 0 Å². The maximum atomic E-state index is 10.5. The Bertz CT molecular complexity index is 519. The summed E-state index contributed by atoms with van der Waals surface area (Å²) in [4.78, 5) is 0. The molecular weight excluding hydrogens is 260 g/mol. The fourth-order valence-electron chi connectivity index (χ4n) is 2.32. The fourth-order valence-corrected chi connectivity index (χ4v) is 2.32. The van der Waals surface area contributed by atoms with E-state index in [1.165, 1.54) is 0 Å². The quantitative estimate of drug-likeness (QED) is 0.747. The molecule has 0 fully saturated rings. The molecule has 0 aromatic heterocycles. The molecule has 0 saturated heterocycles. The van der Waals surface area contributed by atoms with Crippen LogP contribution in [0.2, 0.25) is 0 Å². The van der Waals surface area contributed by atoms with Gasteiger partial charge < -0.3 is 9.84 Å². The average Bonchev–Trinajstić information content (AvgIpc) is 2.55. The van der Waals surface area contributed by atoms with Crippen molar-refractivity contribution in [2.75, 3.05) is 6.61 Å². The molecule has 2 heteroatoms. The maximum absolute atomic E-state index is 10.5. The molecule has 21 heavy (non-hydrogen) atoms. The SMILES string of the molecule is CCCCOc1ccc(C(O)C(C)c2ccccc2)cc1. The standard InChI is InChI=1S/C19H24O2/c1-3-4-14-21-18-12-10-17(11-13-18)19(20)15(2)16-8-6-5-7-9-16/h5-13,15,19-20H,3-4,14H2,1-2H3. The maximum Gasteiger partial charge on any atom is 0.119 e. The van der Waals surface area contributed by atoms with E-state index in [9.17, 15) is 5.11 Å². The molecule has 0 bridgehead atoms. The lowest BCUT2D eigenvalue weighted by atomic mass is 9.91. The van der Waals surface area contributed by atoms with E-state index in [0.29, 0.717) is 0 Å². The minimum Gasteiger partial charge on any atom is -0.494 e. The van der Waals surface area contributed by atoms with Crippen LogP contribution < -0.4 is 4.74 Å². The summed E-state index contributed by atoms with van der Waals surface area (Å²) in [7, 11) is 0. The van der Waals surface area contributed by atoms with Gasteiger partial charge in [-0.1, -0.05) is 62.7 Å². The normalized spacial score (nSPS) is 13.7. The number of unbranched alkanes of at least 4 members (excludes halogenated alkanes) is 1. The third kappa shape index (κ3) is 4.33. The van der Waals surface area contributed by atoms with Crippen LogP contribution in [0.3, 0.4) is 0 Å². The number of hydrogen-bond acceptors (Lipinski definition) is 2. The highest BCUT2D eigenvalue weighted by atomic mass is 16.5. The Balaban J connectivity index is 2.01. The van der Waals surface area contributed by atoms with Crippen LogP contribution in [0.15, 0.2) is 54.6 Å². The fraction of sp³-hybridized carbons (Fsp3) is 0.368. The van der Waals surface area contributed by atoms with Crippen molar-refractivity contribution in [2.24, 2.45) is 0 Å². The van der Waals surface area contributed by atoms with Crippen molar-refractivity contribution in [3.8, 4) is 5.75 Å². The van der Waals surface area contributed by atoms with E-state index in [1.54, 1.807) is 0 Å². The second-order valence-corrected chi connectivity index (χ2v) is 5.42. The first-order valence-electron chi connectivity index (χ1n) is 7.68. The highest BCUT2D eigenvalue weighted by molar-refractivity contribution is 5.31. The first kappa shape index (κ1) is 15.6. The van der Waals surface area contributed by atoms with E-state index in [0.717, 1.165) is 36.3 Å². The zero-order valence-corrected chi connectivity index (χ0v) is 12.8. The Morgan fingerprint density at radius 2 is 1.62 bits per heavy atom. The van der Waals surface area contributed by atoms with Gasteiger partial charge in [0.25, 0.3) is 0 Å². The summed E-state index contributed by atoms with van der Waals surface area (Å²) in [6.07, 6.45) is 1.69. The van der Waals surface area contributed by atoms with Crippen molar-refractivity contribution in [1.82, 2.24) is 0 Å². The summed E-state index contributed by atoms with van der Waals surface area (Å²) < 4.78 is 5.64. The summed E-state index contributed by atoms with van der Waals surface area (Å²) >= 11 is 0. The van der Waals surface area contributed by atoms with Crippen molar-refractivity contribution >= 4 is 0 Å². The van der Waals surface area contributed by atoms with Crippen LogP contribution in [0.1, 0.15) is 49.8 Å². The molecule has 112 valence electrons. The molecule has 0 spiro atoms. The van der Waals surface area contributed by atoms with Crippen LogP contribution >= 0.6 is 0 Å². The summed E-state index contributed by atoms with van der Waals surface area (Å²) in [5, 5.41) is 10.5. The van der Waals surface area contributed by atoms with Gasteiger partial charge in [-0.05, 0) is 29.7 Å². The van der Waals surface area contributed by atoms with Gasteiger partial charge in [-0.2, -0.15) is 0 Å². The summed E-state index contributed by atoms with van der Waals surface area (Å²) in [5.41, 5.74) is 2.07. The largest absolute Gasteiger partial charge is 0.494 e. The van der Waals surface area contributed by atoms with Gasteiger partial charge in [-0.3, -0.25) is 0 Å². The lowest BCUT2D eigenvalue weighted by molar-refractivity contribution is 0.151. The molecular formula is C19H24O2. The minimum absolute atomic E-state index is 0.0676. The number of aliphatic hydroxyl groups is 1. The lowest BCUT2D eigenvalue weighted by Crippen LogP contribution is -2.07. The van der Waals surface area contributed by atoms with Crippen LogP contribution in [0.4, 0.5) is 0 Å². The summed E-state index contributed by atoms with van der Waals surface area (Å²) in [6, 6.07) is 17.9. The molecule has 2 aromatic rings. The Hall–Kier alpha value is -1.80. The molecule has 0 amide bonds. The number of benzene rings is 2. The molecule has 2 rings (SSSR count). The zero-order valence-electron chi connectivity index (χ0n) is 12.8. The summed E-state index contributed by atoms with van der Waals surface area (Å²) in [6.45, 7) is 4.94. The molecule has 0 aliphatic carbocycles. The molecule has 2 aromatic carbocycles. The van der Waals surface area contributed by atoms with E-state index in [4.69, 9.17) is 4.74 Å². The van der Waals surface area contributed by atoms with E-state index in [1.807, 2.05) is 49.4 Å². The molecule has 0 radical (unpaired) electrons. The molecule has 2 nitrogen and oxygen atoms in total. The van der Waals surface area contributed by atoms with Crippen LogP contribution in [0, 0.1) is 0 Å². The van der Waals surface area contributed by atoms with Gasteiger partial charge in [-0.25, -0.2) is 0 Å². The van der Waals surface area contributed by atoms with Crippen molar-refractivity contribution in [3.05, 3.63) is 65.7 Å². The van der Waals surface area contributed by atoms with Gasteiger partial charge in [0.2, 0.25) is 0 Å². The van der Waals surface area contributed by atoms with E-state index >= 15 is 0 Å². The predicted octanol–water partition coefficient (Wildman–Crippen LogP) is 4.70. The van der Waals surface area contributed by atoms with Gasteiger partial charge in [0.15, 0.2) is 0 Å². The van der Waals surface area contributed by atoms with Gasteiger partial charge in [0.05, 0.1) is 12.7 Å². The average molecular weight is 284 g/mol. The van der Waals surface area contributed by atoms with Crippen LogP contribution in [-0.2, 0) is 0 Å². The smallest absolute Gasteiger partial charge is 0.119 e. The van der Waals surface area contributed by atoms with Crippen LogP contribution in [0.5, 0.6) is 5.75 Å². The predicted molar refractivity (Wildman–Crippen MR) is 86.7 cm³/mol. The van der Waals surface area contributed by atoms with E-state index in [-0.39, 0.29) is 5.92 Å². The van der Waals surface area contributed by atoms with Crippen molar-refractivity contribution < 1.29 is 9.84 Å². The minimum atomic E-state index is -0.503. The zero-order chi connectivity index (χ0) is 15.1.